The number of aromatic hydroxyl groups is 2. The van der Waals surface area contributed by atoms with E-state index in [1.807, 2.05) is 6.92 Å². The van der Waals surface area contributed by atoms with Gasteiger partial charge in [0.15, 0.2) is 11.5 Å². The van der Waals surface area contributed by atoms with Crippen LogP contribution in [-0.2, 0) is 16.0 Å². The predicted octanol–water partition coefficient (Wildman–Crippen LogP) is 1.79. The van der Waals surface area contributed by atoms with E-state index in [0.717, 1.165) is 51.0 Å². The number of amides is 1. The zero-order valence-corrected chi connectivity index (χ0v) is 14.8. The summed E-state index contributed by atoms with van der Waals surface area (Å²) in [6, 6.07) is 5.16. The molecule has 2 atom stereocenters. The van der Waals surface area contributed by atoms with Crippen LogP contribution in [0.15, 0.2) is 18.2 Å². The molecule has 1 aromatic carbocycles. The quantitative estimate of drug-likeness (QED) is 0.707. The average Bonchev–Trinajstić information content (AvgIpc) is 3.09. The fourth-order valence-corrected chi connectivity index (χ4v) is 3.96. The number of hydrogen-bond acceptors (Lipinski definition) is 5. The summed E-state index contributed by atoms with van der Waals surface area (Å²) in [5.74, 6) is -0.157. The van der Waals surface area contributed by atoms with Crippen LogP contribution in [0.4, 0.5) is 0 Å². The van der Waals surface area contributed by atoms with Crippen LogP contribution in [-0.4, -0.2) is 58.9 Å². The van der Waals surface area contributed by atoms with E-state index < -0.39 is 0 Å². The number of ether oxygens (including phenoxy) is 1. The maximum absolute atomic E-state index is 12.7. The summed E-state index contributed by atoms with van der Waals surface area (Å²) in [4.78, 5) is 15.1. The first-order valence-corrected chi connectivity index (χ1v) is 9.19. The second-order valence-electron chi connectivity index (χ2n) is 7.18. The lowest BCUT2D eigenvalue weighted by molar-refractivity contribution is -0.127. The Kier molecular flexibility index (Phi) is 5.81. The molecule has 6 nitrogen and oxygen atoms in total. The largest absolute Gasteiger partial charge is 0.504 e. The van der Waals surface area contributed by atoms with Gasteiger partial charge in [-0.15, -0.1) is 0 Å². The summed E-state index contributed by atoms with van der Waals surface area (Å²) in [6.07, 6.45) is 4.60. The highest BCUT2D eigenvalue weighted by atomic mass is 16.5. The molecule has 138 valence electrons. The Hall–Kier alpha value is -1.79. The van der Waals surface area contributed by atoms with E-state index in [4.69, 9.17) is 4.74 Å². The van der Waals surface area contributed by atoms with Crippen LogP contribution in [0.1, 0.15) is 38.2 Å². The molecule has 3 rings (SSSR count). The standard InChI is InChI=1S/C19H28N2O4/c1-13(11-14-4-5-17(22)18(23)12-14)20-19(24)16-3-2-8-21(16)15-6-9-25-10-7-15/h4-5,12-13,15-16,22-23H,2-3,6-11H2,1H3,(H,20,24)/t13-,16-/m1/s1. The normalized spacial score (nSPS) is 23.5. The van der Waals surface area contributed by atoms with Gasteiger partial charge in [0.2, 0.25) is 5.91 Å². The number of nitrogens with zero attached hydrogens (tertiary/aromatic N) is 1. The summed E-state index contributed by atoms with van der Waals surface area (Å²) in [5.41, 5.74) is 0.885. The molecule has 25 heavy (non-hydrogen) atoms. The van der Waals surface area contributed by atoms with Gasteiger partial charge in [0, 0.05) is 25.3 Å². The van der Waals surface area contributed by atoms with Crippen LogP contribution in [0.2, 0.25) is 0 Å². The molecule has 3 N–H and O–H groups in total. The number of likely N-dealkylation sites (tertiary alicyclic amines) is 1. The zero-order valence-electron chi connectivity index (χ0n) is 14.8. The fourth-order valence-electron chi connectivity index (χ4n) is 3.96. The molecular weight excluding hydrogens is 320 g/mol. The van der Waals surface area contributed by atoms with Gasteiger partial charge >= 0.3 is 0 Å². The summed E-state index contributed by atoms with van der Waals surface area (Å²) in [6.45, 7) is 4.53. The van der Waals surface area contributed by atoms with E-state index in [0.29, 0.717) is 12.5 Å². The third kappa shape index (κ3) is 4.44. The highest BCUT2D eigenvalue weighted by Gasteiger charge is 2.36. The number of phenolic OH excluding ortho intramolecular Hbond substituents is 2. The van der Waals surface area contributed by atoms with E-state index >= 15 is 0 Å². The molecule has 2 aliphatic heterocycles. The van der Waals surface area contributed by atoms with Crippen molar-refractivity contribution >= 4 is 5.91 Å². The highest BCUT2D eigenvalue weighted by Crippen LogP contribution is 2.27. The van der Waals surface area contributed by atoms with Gasteiger partial charge in [0.25, 0.3) is 0 Å². The topological polar surface area (TPSA) is 82.0 Å². The monoisotopic (exact) mass is 348 g/mol. The predicted molar refractivity (Wildman–Crippen MR) is 94.6 cm³/mol. The van der Waals surface area contributed by atoms with Crippen LogP contribution in [0.5, 0.6) is 11.5 Å². The molecule has 2 fully saturated rings. The molecule has 2 saturated heterocycles. The first kappa shape index (κ1) is 18.0. The van der Waals surface area contributed by atoms with Gasteiger partial charge in [-0.2, -0.15) is 0 Å². The van der Waals surface area contributed by atoms with Gasteiger partial charge in [-0.3, -0.25) is 9.69 Å². The number of nitrogens with one attached hydrogen (secondary N) is 1. The number of carbonyl (C=O) groups is 1. The number of rotatable bonds is 5. The minimum atomic E-state index is -0.127. The lowest BCUT2D eigenvalue weighted by atomic mass is 10.0. The Morgan fingerprint density at radius 3 is 2.76 bits per heavy atom. The maximum Gasteiger partial charge on any atom is 0.237 e. The third-order valence-corrected chi connectivity index (χ3v) is 5.23. The molecule has 6 heteroatoms. The molecular formula is C19H28N2O4. The Labute approximate surface area is 148 Å². The van der Waals surface area contributed by atoms with Crippen LogP contribution >= 0.6 is 0 Å². The SMILES string of the molecule is C[C@H](Cc1ccc(O)c(O)c1)NC(=O)[C@H]1CCCN1C1CCOCC1. The van der Waals surface area contributed by atoms with Crippen molar-refractivity contribution in [2.75, 3.05) is 19.8 Å². The fraction of sp³-hybridized carbons (Fsp3) is 0.632. The molecule has 2 heterocycles. The first-order chi connectivity index (χ1) is 12.0. The lowest BCUT2D eigenvalue weighted by Crippen LogP contribution is -2.51. The van der Waals surface area contributed by atoms with Crippen LogP contribution < -0.4 is 5.32 Å². The van der Waals surface area contributed by atoms with E-state index in [9.17, 15) is 15.0 Å². The van der Waals surface area contributed by atoms with E-state index in [1.54, 1.807) is 12.1 Å². The molecule has 0 spiro atoms. The van der Waals surface area contributed by atoms with Crippen molar-refractivity contribution < 1.29 is 19.7 Å². The van der Waals surface area contributed by atoms with Crippen molar-refractivity contribution in [3.05, 3.63) is 23.8 Å². The molecule has 0 unspecified atom stereocenters. The van der Waals surface area contributed by atoms with Crippen molar-refractivity contribution in [1.29, 1.82) is 0 Å². The molecule has 0 saturated carbocycles. The molecule has 0 bridgehead atoms. The third-order valence-electron chi connectivity index (χ3n) is 5.23. The van der Waals surface area contributed by atoms with Crippen molar-refractivity contribution in [2.24, 2.45) is 0 Å². The molecule has 2 aliphatic rings. The molecule has 0 aromatic heterocycles. The van der Waals surface area contributed by atoms with Gasteiger partial charge in [0.1, 0.15) is 0 Å². The van der Waals surface area contributed by atoms with Crippen molar-refractivity contribution in [3.8, 4) is 11.5 Å². The van der Waals surface area contributed by atoms with E-state index in [-0.39, 0.29) is 29.5 Å². The number of carbonyl (C=O) groups excluding carboxylic acids is 1. The molecule has 1 amide bonds. The Bertz CT molecular complexity index is 601. The van der Waals surface area contributed by atoms with Crippen LogP contribution in [0.3, 0.4) is 0 Å². The Morgan fingerprint density at radius 1 is 1.28 bits per heavy atom. The summed E-state index contributed by atoms with van der Waals surface area (Å²) in [7, 11) is 0. The Morgan fingerprint density at radius 2 is 2.04 bits per heavy atom. The van der Waals surface area contributed by atoms with Gasteiger partial charge in [0.05, 0.1) is 6.04 Å². The lowest BCUT2D eigenvalue weighted by Gasteiger charge is -2.35. The second-order valence-corrected chi connectivity index (χ2v) is 7.18. The van der Waals surface area contributed by atoms with Gasteiger partial charge < -0.3 is 20.3 Å². The molecule has 1 aromatic rings. The van der Waals surface area contributed by atoms with Crippen molar-refractivity contribution in [3.63, 3.8) is 0 Å². The minimum absolute atomic E-state index is 0.0337. The smallest absolute Gasteiger partial charge is 0.237 e. The maximum atomic E-state index is 12.7. The summed E-state index contributed by atoms with van der Waals surface area (Å²) >= 11 is 0. The van der Waals surface area contributed by atoms with Gasteiger partial charge in [-0.05, 0) is 63.3 Å². The number of phenols is 2. The Balaban J connectivity index is 1.55. The van der Waals surface area contributed by atoms with Crippen LogP contribution in [0.25, 0.3) is 0 Å². The highest BCUT2D eigenvalue weighted by molar-refractivity contribution is 5.82. The number of hydrogen-bond donors (Lipinski definition) is 3. The van der Waals surface area contributed by atoms with Crippen molar-refractivity contribution in [2.45, 2.75) is 57.2 Å². The zero-order chi connectivity index (χ0) is 17.8. The molecule has 0 aliphatic carbocycles. The van der Waals surface area contributed by atoms with Crippen LogP contribution in [0, 0.1) is 0 Å². The van der Waals surface area contributed by atoms with E-state index in [1.165, 1.54) is 6.07 Å². The molecule has 0 radical (unpaired) electrons. The minimum Gasteiger partial charge on any atom is -0.504 e. The average molecular weight is 348 g/mol. The number of benzene rings is 1. The van der Waals surface area contributed by atoms with Crippen molar-refractivity contribution in [1.82, 2.24) is 10.2 Å². The summed E-state index contributed by atoms with van der Waals surface area (Å²) < 4.78 is 5.44. The van der Waals surface area contributed by atoms with Gasteiger partial charge in [-0.25, -0.2) is 0 Å². The van der Waals surface area contributed by atoms with E-state index in [2.05, 4.69) is 10.2 Å². The van der Waals surface area contributed by atoms with Gasteiger partial charge in [-0.1, -0.05) is 6.07 Å². The summed E-state index contributed by atoms with van der Waals surface area (Å²) in [5, 5.41) is 22.1. The second kappa shape index (κ2) is 8.06. The first-order valence-electron chi connectivity index (χ1n) is 9.19.